The molecule has 1 saturated carbocycles. The molecule has 1 aliphatic rings. The van der Waals surface area contributed by atoms with Gasteiger partial charge in [0.2, 0.25) is 0 Å². The summed E-state index contributed by atoms with van der Waals surface area (Å²) in [6, 6.07) is 10.3. The minimum Gasteiger partial charge on any atom is -0.386 e. The predicted molar refractivity (Wildman–Crippen MR) is 92.6 cm³/mol. The van der Waals surface area contributed by atoms with Gasteiger partial charge in [-0.15, -0.1) is 22.7 Å². The van der Waals surface area contributed by atoms with Crippen LogP contribution in [0.15, 0.2) is 35.7 Å². The standard InChI is InChI=1S/C17H18N2OS2/c20-14(16-7-12-3-1-2-4-15(12)22-16)9-18-8-13-10-21-17(19-13)11-5-6-11/h1-4,7,10-11,14,18,20H,5-6,8-9H2. The fourth-order valence-corrected chi connectivity index (χ4v) is 4.57. The molecule has 0 saturated heterocycles. The Hall–Kier alpha value is -1.27. The van der Waals surface area contributed by atoms with Crippen molar-refractivity contribution in [2.24, 2.45) is 0 Å². The van der Waals surface area contributed by atoms with Gasteiger partial charge in [0.05, 0.1) is 10.7 Å². The number of hydrogen-bond acceptors (Lipinski definition) is 5. The van der Waals surface area contributed by atoms with Crippen molar-refractivity contribution in [2.45, 2.75) is 31.4 Å². The summed E-state index contributed by atoms with van der Waals surface area (Å²) >= 11 is 3.43. The second-order valence-electron chi connectivity index (χ2n) is 5.78. The van der Waals surface area contributed by atoms with Gasteiger partial charge in [0.1, 0.15) is 6.10 Å². The Balaban J connectivity index is 1.34. The summed E-state index contributed by atoms with van der Waals surface area (Å²) in [7, 11) is 0. The number of aliphatic hydroxyl groups is 1. The van der Waals surface area contributed by atoms with E-state index < -0.39 is 6.10 Å². The molecule has 1 unspecified atom stereocenters. The molecule has 1 fully saturated rings. The molecule has 0 bridgehead atoms. The number of thiazole rings is 1. The number of nitrogens with one attached hydrogen (secondary N) is 1. The van der Waals surface area contributed by atoms with E-state index in [4.69, 9.17) is 0 Å². The number of hydrogen-bond donors (Lipinski definition) is 2. The average Bonchev–Trinajstić information content (AvgIpc) is 3.12. The Morgan fingerprint density at radius 2 is 2.18 bits per heavy atom. The lowest BCUT2D eigenvalue weighted by molar-refractivity contribution is 0.178. The quantitative estimate of drug-likeness (QED) is 0.716. The van der Waals surface area contributed by atoms with Crippen molar-refractivity contribution in [3.8, 4) is 0 Å². The van der Waals surface area contributed by atoms with Crippen LogP contribution in [0.3, 0.4) is 0 Å². The first kappa shape index (κ1) is 14.3. The lowest BCUT2D eigenvalue weighted by atomic mass is 10.2. The largest absolute Gasteiger partial charge is 0.386 e. The molecule has 2 N–H and O–H groups in total. The number of benzene rings is 1. The van der Waals surface area contributed by atoms with Crippen molar-refractivity contribution in [1.82, 2.24) is 10.3 Å². The van der Waals surface area contributed by atoms with Crippen LogP contribution in [-0.2, 0) is 6.54 Å². The van der Waals surface area contributed by atoms with E-state index in [0.29, 0.717) is 6.54 Å². The Bertz CT molecular complexity index is 743. The molecule has 0 spiro atoms. The van der Waals surface area contributed by atoms with Gasteiger partial charge in [-0.25, -0.2) is 4.98 Å². The third-order valence-electron chi connectivity index (χ3n) is 3.91. The first-order valence-electron chi connectivity index (χ1n) is 7.61. The average molecular weight is 330 g/mol. The highest BCUT2D eigenvalue weighted by molar-refractivity contribution is 7.19. The minimum absolute atomic E-state index is 0.459. The van der Waals surface area contributed by atoms with E-state index in [1.807, 2.05) is 12.1 Å². The first-order chi connectivity index (χ1) is 10.8. The number of rotatable bonds is 6. The predicted octanol–water partition coefficient (Wildman–Crippen LogP) is 4.06. The normalized spacial score (nSPS) is 16.2. The van der Waals surface area contributed by atoms with Gasteiger partial charge in [-0.3, -0.25) is 0 Å². The van der Waals surface area contributed by atoms with Crippen LogP contribution in [0, 0.1) is 0 Å². The van der Waals surface area contributed by atoms with Crippen LogP contribution in [0.25, 0.3) is 10.1 Å². The van der Waals surface area contributed by atoms with Gasteiger partial charge in [-0.1, -0.05) is 18.2 Å². The Morgan fingerprint density at radius 1 is 1.32 bits per heavy atom. The minimum atomic E-state index is -0.459. The second-order valence-corrected chi connectivity index (χ2v) is 7.79. The van der Waals surface area contributed by atoms with Gasteiger partial charge >= 0.3 is 0 Å². The van der Waals surface area contributed by atoms with Crippen LogP contribution in [0.1, 0.15) is 40.4 Å². The summed E-state index contributed by atoms with van der Waals surface area (Å²) in [5.41, 5.74) is 1.09. The van der Waals surface area contributed by atoms with Gasteiger partial charge in [0, 0.05) is 34.0 Å². The van der Waals surface area contributed by atoms with Crippen LogP contribution in [0.2, 0.25) is 0 Å². The fraction of sp³-hybridized carbons (Fsp3) is 0.353. The zero-order chi connectivity index (χ0) is 14.9. The summed E-state index contributed by atoms with van der Waals surface area (Å²) < 4.78 is 1.23. The van der Waals surface area contributed by atoms with E-state index in [-0.39, 0.29) is 0 Å². The van der Waals surface area contributed by atoms with Crippen molar-refractivity contribution in [1.29, 1.82) is 0 Å². The highest BCUT2D eigenvalue weighted by Crippen LogP contribution is 2.41. The molecule has 0 aliphatic heterocycles. The summed E-state index contributed by atoms with van der Waals surface area (Å²) in [5, 5.41) is 18.3. The van der Waals surface area contributed by atoms with Crippen molar-refractivity contribution in [3.05, 3.63) is 51.3 Å². The highest BCUT2D eigenvalue weighted by Gasteiger charge is 2.26. The molecule has 3 aromatic rings. The molecular formula is C17H18N2OS2. The van der Waals surface area contributed by atoms with E-state index in [1.165, 1.54) is 27.9 Å². The zero-order valence-electron chi connectivity index (χ0n) is 12.2. The SMILES string of the molecule is OC(CNCc1csc(C2CC2)n1)c1cc2ccccc2s1. The molecule has 3 nitrogen and oxygen atoms in total. The van der Waals surface area contributed by atoms with Gasteiger partial charge in [-0.2, -0.15) is 0 Å². The smallest absolute Gasteiger partial charge is 0.101 e. The maximum absolute atomic E-state index is 10.3. The maximum atomic E-state index is 10.3. The number of thiophene rings is 1. The molecule has 0 radical (unpaired) electrons. The van der Waals surface area contributed by atoms with E-state index >= 15 is 0 Å². The molecule has 1 atom stereocenters. The summed E-state index contributed by atoms with van der Waals surface area (Å²) in [4.78, 5) is 5.67. The molecule has 114 valence electrons. The van der Waals surface area contributed by atoms with E-state index in [2.05, 4.69) is 33.9 Å². The van der Waals surface area contributed by atoms with Crippen molar-refractivity contribution >= 4 is 32.8 Å². The third kappa shape index (κ3) is 3.08. The molecule has 1 aliphatic carbocycles. The lowest BCUT2D eigenvalue weighted by Gasteiger charge is -2.08. The molecule has 2 aromatic heterocycles. The Morgan fingerprint density at radius 3 is 3.00 bits per heavy atom. The Labute approximate surface area is 137 Å². The molecule has 1 aromatic carbocycles. The fourth-order valence-electron chi connectivity index (χ4n) is 2.53. The van der Waals surface area contributed by atoms with Crippen molar-refractivity contribution < 1.29 is 5.11 Å². The van der Waals surface area contributed by atoms with E-state index in [1.54, 1.807) is 22.7 Å². The molecule has 2 heterocycles. The van der Waals surface area contributed by atoms with E-state index in [0.717, 1.165) is 23.0 Å². The number of nitrogens with zero attached hydrogens (tertiary/aromatic N) is 1. The van der Waals surface area contributed by atoms with E-state index in [9.17, 15) is 5.11 Å². The van der Waals surface area contributed by atoms with Crippen LogP contribution in [-0.4, -0.2) is 16.6 Å². The van der Waals surface area contributed by atoms with Crippen molar-refractivity contribution in [2.75, 3.05) is 6.54 Å². The lowest BCUT2D eigenvalue weighted by Crippen LogP contribution is -2.20. The van der Waals surface area contributed by atoms with Crippen LogP contribution in [0.5, 0.6) is 0 Å². The van der Waals surface area contributed by atoms with Gasteiger partial charge in [-0.05, 0) is 30.4 Å². The van der Waals surface area contributed by atoms with Gasteiger partial charge in [0.25, 0.3) is 0 Å². The number of fused-ring (bicyclic) bond motifs is 1. The van der Waals surface area contributed by atoms with Crippen molar-refractivity contribution in [3.63, 3.8) is 0 Å². The summed E-state index contributed by atoms with van der Waals surface area (Å²) in [5.74, 6) is 0.725. The monoisotopic (exact) mass is 330 g/mol. The van der Waals surface area contributed by atoms with Crippen LogP contribution < -0.4 is 5.32 Å². The first-order valence-corrected chi connectivity index (χ1v) is 9.31. The second kappa shape index (κ2) is 6.08. The molecule has 0 amide bonds. The van der Waals surface area contributed by atoms with Gasteiger partial charge < -0.3 is 10.4 Å². The highest BCUT2D eigenvalue weighted by atomic mass is 32.1. The zero-order valence-corrected chi connectivity index (χ0v) is 13.8. The van der Waals surface area contributed by atoms with Crippen LogP contribution in [0.4, 0.5) is 0 Å². The number of aliphatic hydroxyl groups excluding tert-OH is 1. The summed E-state index contributed by atoms with van der Waals surface area (Å²) in [6.45, 7) is 1.29. The summed E-state index contributed by atoms with van der Waals surface area (Å²) in [6.07, 6.45) is 2.13. The maximum Gasteiger partial charge on any atom is 0.101 e. The Kier molecular flexibility index (Phi) is 3.96. The van der Waals surface area contributed by atoms with Crippen LogP contribution >= 0.6 is 22.7 Å². The molecule has 4 rings (SSSR count). The molecular weight excluding hydrogens is 312 g/mol. The molecule has 22 heavy (non-hydrogen) atoms. The topological polar surface area (TPSA) is 45.1 Å². The third-order valence-corrected chi connectivity index (χ3v) is 6.19. The number of aromatic nitrogens is 1. The molecule has 5 heteroatoms. The van der Waals surface area contributed by atoms with Gasteiger partial charge in [0.15, 0.2) is 0 Å².